The molecule has 3 atom stereocenters. The molecular formula is C21H22N6O2. The van der Waals surface area contributed by atoms with Crippen LogP contribution in [-0.4, -0.2) is 54.5 Å². The number of rotatable bonds is 5. The summed E-state index contributed by atoms with van der Waals surface area (Å²) >= 11 is 0. The molecule has 5 rings (SSSR count). The third-order valence-corrected chi connectivity index (χ3v) is 5.82. The number of carbonyl (C=O) groups is 1. The molecule has 3 unspecified atom stereocenters. The highest BCUT2D eigenvalue weighted by molar-refractivity contribution is 5.96. The molecule has 5 heterocycles. The van der Waals surface area contributed by atoms with Gasteiger partial charge in [-0.3, -0.25) is 4.79 Å². The molecule has 2 aliphatic heterocycles. The molecule has 0 radical (unpaired) electrons. The lowest BCUT2D eigenvalue weighted by Gasteiger charge is -2.25. The van der Waals surface area contributed by atoms with Crippen molar-refractivity contribution in [2.45, 2.75) is 38.3 Å². The average molecular weight is 390 g/mol. The summed E-state index contributed by atoms with van der Waals surface area (Å²) < 4.78 is 5.89. The van der Waals surface area contributed by atoms with Crippen molar-refractivity contribution in [3.05, 3.63) is 60.3 Å². The quantitative estimate of drug-likeness (QED) is 0.665. The number of hydrogen-bond donors (Lipinski definition) is 0. The maximum absolute atomic E-state index is 13.5. The third kappa shape index (κ3) is 3.24. The van der Waals surface area contributed by atoms with Crippen LogP contribution in [0.2, 0.25) is 0 Å². The highest BCUT2D eigenvalue weighted by Gasteiger charge is 2.49. The summed E-state index contributed by atoms with van der Waals surface area (Å²) in [6.07, 6.45) is 9.61. The lowest BCUT2D eigenvalue weighted by molar-refractivity contribution is 0.0703. The monoisotopic (exact) mass is 390 g/mol. The molecule has 8 nitrogen and oxygen atoms in total. The first-order valence-corrected chi connectivity index (χ1v) is 9.90. The van der Waals surface area contributed by atoms with Crippen LogP contribution in [0, 0.1) is 12.8 Å². The smallest absolute Gasteiger partial charge is 0.275 e. The van der Waals surface area contributed by atoms with E-state index < -0.39 is 0 Å². The number of hydrogen-bond acceptors (Lipinski definition) is 6. The molecule has 8 heteroatoms. The predicted molar refractivity (Wildman–Crippen MR) is 105 cm³/mol. The van der Waals surface area contributed by atoms with Crippen molar-refractivity contribution in [2.75, 3.05) is 6.61 Å². The van der Waals surface area contributed by atoms with Gasteiger partial charge in [0.2, 0.25) is 5.88 Å². The third-order valence-electron chi connectivity index (χ3n) is 5.82. The van der Waals surface area contributed by atoms with Crippen LogP contribution < -0.4 is 4.74 Å². The molecule has 2 saturated heterocycles. The van der Waals surface area contributed by atoms with Gasteiger partial charge in [0, 0.05) is 36.5 Å². The molecule has 3 aromatic heterocycles. The summed E-state index contributed by atoms with van der Waals surface area (Å²) in [5.74, 6) is 0.877. The van der Waals surface area contributed by atoms with Gasteiger partial charge in [0.05, 0.1) is 19.0 Å². The predicted octanol–water partition coefficient (Wildman–Crippen LogP) is 2.44. The minimum Gasteiger partial charge on any atom is -0.477 e. The second-order valence-corrected chi connectivity index (χ2v) is 7.68. The van der Waals surface area contributed by atoms with Gasteiger partial charge in [-0.25, -0.2) is 9.97 Å². The van der Waals surface area contributed by atoms with Gasteiger partial charge in [-0.05, 0) is 43.9 Å². The van der Waals surface area contributed by atoms with Crippen molar-refractivity contribution in [2.24, 2.45) is 5.92 Å². The Hall–Kier alpha value is -3.29. The Labute approximate surface area is 168 Å². The fourth-order valence-electron chi connectivity index (χ4n) is 4.57. The number of ether oxygens (including phenoxy) is 1. The summed E-state index contributed by atoms with van der Waals surface area (Å²) in [6.45, 7) is 2.51. The van der Waals surface area contributed by atoms with Gasteiger partial charge in [0.15, 0.2) is 5.69 Å². The largest absolute Gasteiger partial charge is 0.477 e. The molecule has 0 aliphatic carbocycles. The van der Waals surface area contributed by atoms with Gasteiger partial charge >= 0.3 is 0 Å². The lowest BCUT2D eigenvalue weighted by Crippen LogP contribution is -2.38. The zero-order chi connectivity index (χ0) is 19.8. The molecule has 2 bridgehead atoms. The minimum absolute atomic E-state index is 0.0508. The van der Waals surface area contributed by atoms with E-state index in [4.69, 9.17) is 4.74 Å². The summed E-state index contributed by atoms with van der Waals surface area (Å²) in [4.78, 5) is 25.7. The second kappa shape index (κ2) is 7.27. The van der Waals surface area contributed by atoms with E-state index in [9.17, 15) is 4.79 Å². The maximum Gasteiger partial charge on any atom is 0.275 e. The van der Waals surface area contributed by atoms with Gasteiger partial charge in [-0.15, -0.1) is 4.80 Å². The first-order chi connectivity index (χ1) is 14.2. The molecular weight excluding hydrogens is 368 g/mol. The number of nitrogens with zero attached hydrogens (tertiary/aromatic N) is 6. The molecule has 0 aromatic carbocycles. The molecule has 148 valence electrons. The fraction of sp³-hybridized carbons (Fsp3) is 0.381. The van der Waals surface area contributed by atoms with E-state index in [0.29, 0.717) is 29.8 Å². The first-order valence-electron chi connectivity index (χ1n) is 9.90. The number of fused-ring (bicyclic) bond motifs is 2. The first kappa shape index (κ1) is 17.8. The van der Waals surface area contributed by atoms with Crippen LogP contribution in [0.25, 0.3) is 5.69 Å². The number of carbonyl (C=O) groups excluding carboxylic acids is 1. The van der Waals surface area contributed by atoms with Crippen molar-refractivity contribution in [3.8, 4) is 11.6 Å². The summed E-state index contributed by atoms with van der Waals surface area (Å²) in [6, 6.07) is 7.93. The molecule has 0 N–H and O–H groups in total. The Morgan fingerprint density at radius 2 is 2.03 bits per heavy atom. The molecule has 1 amide bonds. The molecule has 0 spiro atoms. The zero-order valence-electron chi connectivity index (χ0n) is 16.2. The number of aryl methyl sites for hydroxylation is 1. The van der Waals surface area contributed by atoms with Crippen molar-refractivity contribution in [1.29, 1.82) is 0 Å². The van der Waals surface area contributed by atoms with E-state index in [1.165, 1.54) is 4.80 Å². The number of aromatic nitrogens is 5. The van der Waals surface area contributed by atoms with E-state index >= 15 is 0 Å². The van der Waals surface area contributed by atoms with Crippen LogP contribution in [0.3, 0.4) is 0 Å². The molecule has 29 heavy (non-hydrogen) atoms. The number of amides is 1. The minimum atomic E-state index is -0.0508. The Morgan fingerprint density at radius 3 is 2.83 bits per heavy atom. The van der Waals surface area contributed by atoms with E-state index in [0.717, 1.165) is 24.8 Å². The summed E-state index contributed by atoms with van der Waals surface area (Å²) in [5.41, 5.74) is 1.97. The second-order valence-electron chi connectivity index (χ2n) is 7.68. The van der Waals surface area contributed by atoms with Crippen LogP contribution in [0.4, 0.5) is 0 Å². The summed E-state index contributed by atoms with van der Waals surface area (Å²) in [5, 5.41) is 8.39. The highest BCUT2D eigenvalue weighted by Crippen LogP contribution is 2.42. The molecule has 2 aliphatic rings. The van der Waals surface area contributed by atoms with Crippen molar-refractivity contribution < 1.29 is 9.53 Å². The van der Waals surface area contributed by atoms with Crippen LogP contribution in [0.15, 0.2) is 49.1 Å². The maximum atomic E-state index is 13.5. The molecule has 3 aromatic rings. The van der Waals surface area contributed by atoms with Crippen molar-refractivity contribution in [1.82, 2.24) is 29.9 Å². The average Bonchev–Trinajstić information content (AvgIpc) is 3.49. The SMILES string of the molecule is Cc1cnc(C(=O)N2C3CCC2C(COc2ccccn2)C3)c(-n2nccn2)c1. The van der Waals surface area contributed by atoms with Crippen LogP contribution in [0.5, 0.6) is 5.88 Å². The van der Waals surface area contributed by atoms with E-state index in [-0.39, 0.29) is 18.0 Å². The highest BCUT2D eigenvalue weighted by atomic mass is 16.5. The van der Waals surface area contributed by atoms with Gasteiger partial charge < -0.3 is 9.64 Å². The van der Waals surface area contributed by atoms with Crippen molar-refractivity contribution >= 4 is 5.91 Å². The Kier molecular flexibility index (Phi) is 4.46. The normalized spacial score (nSPS) is 22.8. The lowest BCUT2D eigenvalue weighted by atomic mass is 9.90. The van der Waals surface area contributed by atoms with Gasteiger partial charge in [-0.2, -0.15) is 10.2 Å². The van der Waals surface area contributed by atoms with Crippen LogP contribution in [-0.2, 0) is 0 Å². The summed E-state index contributed by atoms with van der Waals surface area (Å²) in [7, 11) is 0. The van der Waals surface area contributed by atoms with Gasteiger partial charge in [0.1, 0.15) is 5.69 Å². The zero-order valence-corrected chi connectivity index (χ0v) is 16.2. The topological polar surface area (TPSA) is 86.0 Å². The van der Waals surface area contributed by atoms with Gasteiger partial charge in [-0.1, -0.05) is 6.07 Å². The van der Waals surface area contributed by atoms with E-state index in [1.807, 2.05) is 36.1 Å². The molecule has 0 saturated carbocycles. The Bertz CT molecular complexity index is 1010. The van der Waals surface area contributed by atoms with Crippen LogP contribution in [0.1, 0.15) is 35.3 Å². The fourth-order valence-corrected chi connectivity index (χ4v) is 4.57. The van der Waals surface area contributed by atoms with Gasteiger partial charge in [0.25, 0.3) is 5.91 Å². The van der Waals surface area contributed by atoms with E-state index in [1.54, 1.807) is 24.8 Å². The standard InChI is InChI=1S/C21H22N6O2/c1-14-10-18(27-24-8-9-25-27)20(23-12-14)21(28)26-16-5-6-17(26)15(11-16)13-29-19-4-2-3-7-22-19/h2-4,7-10,12,15-17H,5-6,11,13H2,1H3. The van der Waals surface area contributed by atoms with Crippen molar-refractivity contribution in [3.63, 3.8) is 0 Å². The Balaban J connectivity index is 1.37. The van der Waals surface area contributed by atoms with Crippen LogP contribution >= 0.6 is 0 Å². The number of pyridine rings is 2. The molecule has 2 fully saturated rings. The van der Waals surface area contributed by atoms with E-state index in [2.05, 4.69) is 20.2 Å². The Morgan fingerprint density at radius 1 is 1.17 bits per heavy atom.